The van der Waals surface area contributed by atoms with Crippen LogP contribution in [0.3, 0.4) is 0 Å². The first-order chi connectivity index (χ1) is 10.1. The predicted octanol–water partition coefficient (Wildman–Crippen LogP) is 1.55. The van der Waals surface area contributed by atoms with E-state index in [2.05, 4.69) is 0 Å². The summed E-state index contributed by atoms with van der Waals surface area (Å²) in [6, 6.07) is 0.386. The van der Waals surface area contributed by atoms with E-state index in [0.717, 1.165) is 32.2 Å². The van der Waals surface area contributed by atoms with Crippen LogP contribution in [-0.4, -0.2) is 65.3 Å². The van der Waals surface area contributed by atoms with Crippen LogP contribution in [0.5, 0.6) is 0 Å². The van der Waals surface area contributed by atoms with Gasteiger partial charge in [-0.15, -0.1) is 0 Å². The highest BCUT2D eigenvalue weighted by Gasteiger charge is 2.40. The standard InChI is InChI=1S/C15H24N2O4/c18-14(19)5-4-11-6-7-16(10-11)15(20)17-8-9-21-13-3-1-2-12(13)17/h11-13H,1-10H2,(H,18,19). The summed E-state index contributed by atoms with van der Waals surface area (Å²) >= 11 is 0. The highest BCUT2D eigenvalue weighted by Crippen LogP contribution is 2.31. The molecule has 3 aliphatic rings. The molecule has 1 N–H and O–H groups in total. The Bertz CT molecular complexity index is 414. The average molecular weight is 296 g/mol. The maximum atomic E-state index is 12.7. The molecule has 3 rings (SSSR count). The zero-order chi connectivity index (χ0) is 14.8. The number of morpholine rings is 1. The van der Waals surface area contributed by atoms with Crippen molar-refractivity contribution in [1.29, 1.82) is 0 Å². The molecule has 3 fully saturated rings. The number of rotatable bonds is 3. The van der Waals surface area contributed by atoms with Crippen molar-refractivity contribution in [3.63, 3.8) is 0 Å². The number of carbonyl (C=O) groups excluding carboxylic acids is 1. The first-order valence-corrected chi connectivity index (χ1v) is 8.04. The van der Waals surface area contributed by atoms with Gasteiger partial charge in [0.25, 0.3) is 0 Å². The zero-order valence-corrected chi connectivity index (χ0v) is 12.4. The lowest BCUT2D eigenvalue weighted by Gasteiger charge is -2.39. The molecule has 118 valence electrons. The van der Waals surface area contributed by atoms with E-state index < -0.39 is 5.97 Å². The topological polar surface area (TPSA) is 70.1 Å². The predicted molar refractivity (Wildman–Crippen MR) is 76.0 cm³/mol. The molecule has 0 radical (unpaired) electrons. The van der Waals surface area contributed by atoms with Gasteiger partial charge >= 0.3 is 12.0 Å². The van der Waals surface area contributed by atoms with Crippen LogP contribution in [0.1, 0.15) is 38.5 Å². The SMILES string of the molecule is O=C(O)CCC1CCN(C(=O)N2CCOC3CCCC32)C1. The van der Waals surface area contributed by atoms with E-state index in [9.17, 15) is 9.59 Å². The van der Waals surface area contributed by atoms with Crippen molar-refractivity contribution in [2.24, 2.45) is 5.92 Å². The molecule has 6 nitrogen and oxygen atoms in total. The number of likely N-dealkylation sites (tertiary alicyclic amines) is 1. The van der Waals surface area contributed by atoms with Gasteiger partial charge in [-0.05, 0) is 38.0 Å². The first kappa shape index (κ1) is 14.6. The van der Waals surface area contributed by atoms with Gasteiger partial charge in [0, 0.05) is 26.1 Å². The molecule has 0 aromatic heterocycles. The minimum atomic E-state index is -0.748. The van der Waals surface area contributed by atoms with E-state index in [1.807, 2.05) is 9.80 Å². The Morgan fingerprint density at radius 3 is 2.86 bits per heavy atom. The van der Waals surface area contributed by atoms with Gasteiger partial charge in [-0.1, -0.05) is 0 Å². The molecule has 0 bridgehead atoms. The van der Waals surface area contributed by atoms with E-state index in [1.165, 1.54) is 0 Å². The zero-order valence-electron chi connectivity index (χ0n) is 12.4. The van der Waals surface area contributed by atoms with Crippen molar-refractivity contribution >= 4 is 12.0 Å². The van der Waals surface area contributed by atoms with Gasteiger partial charge in [-0.25, -0.2) is 4.79 Å². The number of carbonyl (C=O) groups is 2. The van der Waals surface area contributed by atoms with Crippen molar-refractivity contribution in [2.45, 2.75) is 50.7 Å². The highest BCUT2D eigenvalue weighted by atomic mass is 16.5. The summed E-state index contributed by atoms with van der Waals surface area (Å²) in [5.74, 6) is -0.410. The van der Waals surface area contributed by atoms with Crippen molar-refractivity contribution < 1.29 is 19.4 Å². The van der Waals surface area contributed by atoms with Gasteiger partial charge in [-0.2, -0.15) is 0 Å². The summed E-state index contributed by atoms with van der Waals surface area (Å²) in [6.45, 7) is 2.80. The average Bonchev–Trinajstić information content (AvgIpc) is 3.12. The fourth-order valence-electron chi connectivity index (χ4n) is 3.91. The van der Waals surface area contributed by atoms with Crippen LogP contribution in [0.2, 0.25) is 0 Å². The fourth-order valence-corrected chi connectivity index (χ4v) is 3.91. The van der Waals surface area contributed by atoms with Crippen molar-refractivity contribution in [3.05, 3.63) is 0 Å². The largest absolute Gasteiger partial charge is 0.481 e. The number of carboxylic acid groups (broad SMARTS) is 1. The van der Waals surface area contributed by atoms with Crippen LogP contribution >= 0.6 is 0 Å². The van der Waals surface area contributed by atoms with E-state index in [1.54, 1.807) is 0 Å². The Morgan fingerprint density at radius 2 is 2.05 bits per heavy atom. The smallest absolute Gasteiger partial charge is 0.320 e. The van der Waals surface area contributed by atoms with Crippen LogP contribution in [0.25, 0.3) is 0 Å². The molecule has 21 heavy (non-hydrogen) atoms. The second-order valence-corrected chi connectivity index (χ2v) is 6.42. The third-order valence-electron chi connectivity index (χ3n) is 5.05. The molecule has 6 heteroatoms. The Hall–Kier alpha value is -1.30. The van der Waals surface area contributed by atoms with Crippen molar-refractivity contribution in [1.82, 2.24) is 9.80 Å². The molecule has 0 aromatic rings. The Kier molecular flexibility index (Phi) is 4.33. The molecule has 3 unspecified atom stereocenters. The van der Waals surface area contributed by atoms with Crippen LogP contribution in [-0.2, 0) is 9.53 Å². The van der Waals surface area contributed by atoms with Crippen LogP contribution in [0, 0.1) is 5.92 Å². The summed E-state index contributed by atoms with van der Waals surface area (Å²) < 4.78 is 5.75. The molecule has 1 saturated carbocycles. The molecule has 2 saturated heterocycles. The second kappa shape index (κ2) is 6.22. The maximum absolute atomic E-state index is 12.7. The second-order valence-electron chi connectivity index (χ2n) is 6.42. The summed E-state index contributed by atoms with van der Waals surface area (Å²) in [5.41, 5.74) is 0. The molecule has 2 heterocycles. The van der Waals surface area contributed by atoms with Gasteiger partial charge in [0.1, 0.15) is 0 Å². The maximum Gasteiger partial charge on any atom is 0.320 e. The minimum absolute atomic E-state index is 0.132. The molecule has 1 aliphatic carbocycles. The number of ether oxygens (including phenoxy) is 1. The van der Waals surface area contributed by atoms with Gasteiger partial charge < -0.3 is 19.6 Å². The number of hydrogen-bond acceptors (Lipinski definition) is 3. The number of fused-ring (bicyclic) bond motifs is 1. The van der Waals surface area contributed by atoms with E-state index in [-0.39, 0.29) is 24.6 Å². The first-order valence-electron chi connectivity index (χ1n) is 8.04. The van der Waals surface area contributed by atoms with E-state index >= 15 is 0 Å². The molecule has 0 aromatic carbocycles. The molecule has 0 spiro atoms. The molecule has 2 aliphatic heterocycles. The normalized spacial score (nSPS) is 32.3. The van der Waals surface area contributed by atoms with Crippen molar-refractivity contribution in [2.75, 3.05) is 26.2 Å². The summed E-state index contributed by atoms with van der Waals surface area (Å²) in [6.07, 6.45) is 5.29. The molecular formula is C15H24N2O4. The van der Waals surface area contributed by atoms with Gasteiger partial charge in [0.15, 0.2) is 0 Å². The van der Waals surface area contributed by atoms with Crippen LogP contribution < -0.4 is 0 Å². The monoisotopic (exact) mass is 296 g/mol. The third-order valence-corrected chi connectivity index (χ3v) is 5.05. The Morgan fingerprint density at radius 1 is 1.19 bits per heavy atom. The molecular weight excluding hydrogens is 272 g/mol. The molecule has 3 atom stereocenters. The quantitative estimate of drug-likeness (QED) is 0.858. The van der Waals surface area contributed by atoms with E-state index in [0.29, 0.717) is 32.0 Å². The Balaban J connectivity index is 1.54. The van der Waals surface area contributed by atoms with Gasteiger partial charge in [0.2, 0.25) is 0 Å². The summed E-state index contributed by atoms with van der Waals surface area (Å²) in [7, 11) is 0. The molecule has 2 amide bonds. The number of hydrogen-bond donors (Lipinski definition) is 1. The van der Waals surface area contributed by atoms with Gasteiger partial charge in [-0.3, -0.25) is 4.79 Å². The Labute approximate surface area is 125 Å². The van der Waals surface area contributed by atoms with Crippen molar-refractivity contribution in [3.8, 4) is 0 Å². The lowest BCUT2D eigenvalue weighted by Crippen LogP contribution is -2.55. The number of urea groups is 1. The van der Waals surface area contributed by atoms with Gasteiger partial charge in [0.05, 0.1) is 18.8 Å². The number of carboxylic acids is 1. The lowest BCUT2D eigenvalue weighted by molar-refractivity contribution is -0.137. The fraction of sp³-hybridized carbons (Fsp3) is 0.867. The van der Waals surface area contributed by atoms with Crippen LogP contribution in [0.4, 0.5) is 4.79 Å². The summed E-state index contributed by atoms with van der Waals surface area (Å²) in [4.78, 5) is 27.3. The number of nitrogens with zero attached hydrogens (tertiary/aromatic N) is 2. The lowest BCUT2D eigenvalue weighted by atomic mass is 10.0. The van der Waals surface area contributed by atoms with Crippen LogP contribution in [0.15, 0.2) is 0 Å². The summed E-state index contributed by atoms with van der Waals surface area (Å²) in [5, 5.41) is 8.75. The van der Waals surface area contributed by atoms with E-state index in [4.69, 9.17) is 9.84 Å². The minimum Gasteiger partial charge on any atom is -0.481 e. The third kappa shape index (κ3) is 3.15. The number of amides is 2. The highest BCUT2D eigenvalue weighted by molar-refractivity contribution is 5.75. The number of aliphatic carboxylic acids is 1.